The number of aromatic nitrogens is 1. The van der Waals surface area contributed by atoms with E-state index in [0.29, 0.717) is 12.5 Å². The number of pyridine rings is 1. The monoisotopic (exact) mass is 427 g/mol. The van der Waals surface area contributed by atoms with E-state index in [2.05, 4.69) is 62.3 Å². The average Bonchev–Trinajstić information content (AvgIpc) is 3.49. The Morgan fingerprint density at radius 1 is 1.19 bits per heavy atom. The van der Waals surface area contributed by atoms with Gasteiger partial charge in [-0.3, -0.25) is 4.79 Å². The van der Waals surface area contributed by atoms with Crippen LogP contribution in [0.4, 0.5) is 5.82 Å². The molecule has 2 aromatic rings. The normalized spacial score (nSPS) is 22.5. The summed E-state index contributed by atoms with van der Waals surface area (Å²) >= 11 is 3.45. The van der Waals surface area contributed by atoms with Crippen LogP contribution < -0.4 is 10.2 Å². The molecule has 2 aliphatic rings. The molecule has 0 bridgehead atoms. The van der Waals surface area contributed by atoms with Gasteiger partial charge in [0, 0.05) is 36.2 Å². The predicted octanol–water partition coefficient (Wildman–Crippen LogP) is 4.50. The number of carbonyl (C=O) groups is 1. The summed E-state index contributed by atoms with van der Waals surface area (Å²) in [7, 11) is 0. The van der Waals surface area contributed by atoms with Gasteiger partial charge in [-0.2, -0.15) is 0 Å². The van der Waals surface area contributed by atoms with Crippen LogP contribution >= 0.6 is 15.9 Å². The Morgan fingerprint density at radius 2 is 1.93 bits per heavy atom. The zero-order valence-electron chi connectivity index (χ0n) is 15.7. The Balaban J connectivity index is 1.26. The minimum Gasteiger partial charge on any atom is -0.357 e. The van der Waals surface area contributed by atoms with E-state index in [-0.39, 0.29) is 11.8 Å². The highest BCUT2D eigenvalue weighted by Gasteiger charge is 2.43. The molecule has 1 saturated heterocycles. The van der Waals surface area contributed by atoms with Gasteiger partial charge in [0.1, 0.15) is 5.82 Å². The van der Waals surface area contributed by atoms with Crippen LogP contribution in [0, 0.1) is 11.8 Å². The van der Waals surface area contributed by atoms with Crippen molar-refractivity contribution in [2.45, 2.75) is 38.6 Å². The number of benzene rings is 1. The average molecular weight is 428 g/mol. The van der Waals surface area contributed by atoms with E-state index in [0.717, 1.165) is 41.3 Å². The van der Waals surface area contributed by atoms with Crippen molar-refractivity contribution >= 4 is 27.7 Å². The molecule has 5 heteroatoms. The molecule has 1 aromatic carbocycles. The third kappa shape index (κ3) is 4.52. The molecular weight excluding hydrogens is 402 g/mol. The van der Waals surface area contributed by atoms with Crippen molar-refractivity contribution in [3.05, 3.63) is 58.2 Å². The molecule has 0 radical (unpaired) electrons. The third-order valence-corrected chi connectivity index (χ3v) is 6.34. The maximum atomic E-state index is 12.4. The number of hydrogen-bond donors (Lipinski definition) is 1. The number of nitrogens with zero attached hydrogens (tertiary/aromatic N) is 2. The molecule has 2 atom stereocenters. The standard InChI is InChI=1S/C22H26BrN3O/c1-15-8-10-26(11-9-15)21-7-2-16(13-24-21)14-25-22(27)20-12-19(20)17-3-5-18(23)6-4-17/h2-7,13,15,19-20H,8-12,14H2,1H3,(H,25,27). The Labute approximate surface area is 169 Å². The summed E-state index contributed by atoms with van der Waals surface area (Å²) in [5.41, 5.74) is 2.30. The van der Waals surface area contributed by atoms with E-state index in [1.807, 2.05) is 18.3 Å². The van der Waals surface area contributed by atoms with Gasteiger partial charge in [0.2, 0.25) is 5.91 Å². The second-order valence-electron chi connectivity index (χ2n) is 7.91. The van der Waals surface area contributed by atoms with Gasteiger partial charge in [0.05, 0.1) is 0 Å². The van der Waals surface area contributed by atoms with Crippen molar-refractivity contribution in [3.8, 4) is 0 Å². The molecule has 1 amide bonds. The van der Waals surface area contributed by atoms with Crippen molar-refractivity contribution in [2.75, 3.05) is 18.0 Å². The van der Waals surface area contributed by atoms with E-state index in [1.165, 1.54) is 18.4 Å². The fraction of sp³-hybridized carbons (Fsp3) is 0.455. The maximum absolute atomic E-state index is 12.4. The van der Waals surface area contributed by atoms with E-state index >= 15 is 0 Å². The molecule has 1 aliphatic heterocycles. The highest BCUT2D eigenvalue weighted by Crippen LogP contribution is 2.47. The van der Waals surface area contributed by atoms with Gasteiger partial charge in [0.25, 0.3) is 0 Å². The van der Waals surface area contributed by atoms with Crippen LogP contribution in [0.25, 0.3) is 0 Å². The Hall–Kier alpha value is -1.88. The summed E-state index contributed by atoms with van der Waals surface area (Å²) in [6, 6.07) is 12.5. The minimum absolute atomic E-state index is 0.105. The van der Waals surface area contributed by atoms with Gasteiger partial charge in [-0.15, -0.1) is 0 Å². The van der Waals surface area contributed by atoms with Crippen LogP contribution in [-0.2, 0) is 11.3 Å². The number of amides is 1. The van der Waals surface area contributed by atoms with Gasteiger partial charge in [-0.25, -0.2) is 4.98 Å². The molecule has 2 unspecified atom stereocenters. The van der Waals surface area contributed by atoms with Crippen molar-refractivity contribution in [1.82, 2.24) is 10.3 Å². The molecule has 1 saturated carbocycles. The van der Waals surface area contributed by atoms with Crippen molar-refractivity contribution in [2.24, 2.45) is 11.8 Å². The summed E-state index contributed by atoms with van der Waals surface area (Å²) in [6.45, 7) is 5.04. The van der Waals surface area contributed by atoms with Crippen molar-refractivity contribution in [3.63, 3.8) is 0 Å². The lowest BCUT2D eigenvalue weighted by atomic mass is 9.99. The van der Waals surface area contributed by atoms with Gasteiger partial charge in [-0.1, -0.05) is 41.1 Å². The minimum atomic E-state index is 0.105. The molecule has 1 aliphatic carbocycles. The zero-order chi connectivity index (χ0) is 18.8. The van der Waals surface area contributed by atoms with Crippen LogP contribution in [0.1, 0.15) is 43.2 Å². The number of piperidine rings is 1. The van der Waals surface area contributed by atoms with E-state index in [1.54, 1.807) is 0 Å². The first-order chi connectivity index (χ1) is 13.1. The zero-order valence-corrected chi connectivity index (χ0v) is 17.3. The fourth-order valence-corrected chi connectivity index (χ4v) is 4.09. The molecule has 0 spiro atoms. The fourth-order valence-electron chi connectivity index (χ4n) is 3.83. The van der Waals surface area contributed by atoms with Crippen LogP contribution in [0.5, 0.6) is 0 Å². The predicted molar refractivity (Wildman–Crippen MR) is 112 cm³/mol. The largest absolute Gasteiger partial charge is 0.357 e. The van der Waals surface area contributed by atoms with E-state index in [4.69, 9.17) is 0 Å². The van der Waals surface area contributed by atoms with Gasteiger partial charge in [0.15, 0.2) is 0 Å². The molecule has 27 heavy (non-hydrogen) atoms. The van der Waals surface area contributed by atoms with Crippen LogP contribution in [0.3, 0.4) is 0 Å². The molecule has 142 valence electrons. The molecule has 2 fully saturated rings. The third-order valence-electron chi connectivity index (χ3n) is 5.81. The van der Waals surface area contributed by atoms with Crippen LogP contribution in [0.15, 0.2) is 47.1 Å². The Bertz CT molecular complexity index is 782. The van der Waals surface area contributed by atoms with Gasteiger partial charge >= 0.3 is 0 Å². The summed E-state index contributed by atoms with van der Waals surface area (Å²) < 4.78 is 1.07. The smallest absolute Gasteiger partial charge is 0.224 e. The van der Waals surface area contributed by atoms with Crippen LogP contribution in [-0.4, -0.2) is 24.0 Å². The highest BCUT2D eigenvalue weighted by molar-refractivity contribution is 9.10. The van der Waals surface area contributed by atoms with Crippen molar-refractivity contribution in [1.29, 1.82) is 0 Å². The lowest BCUT2D eigenvalue weighted by molar-refractivity contribution is -0.122. The van der Waals surface area contributed by atoms with E-state index in [9.17, 15) is 4.79 Å². The molecular formula is C22H26BrN3O. The topological polar surface area (TPSA) is 45.2 Å². The number of halogens is 1. The highest BCUT2D eigenvalue weighted by atomic mass is 79.9. The second-order valence-corrected chi connectivity index (χ2v) is 8.83. The maximum Gasteiger partial charge on any atom is 0.224 e. The summed E-state index contributed by atoms with van der Waals surface area (Å²) in [5.74, 6) is 2.49. The number of anilines is 1. The van der Waals surface area contributed by atoms with Crippen molar-refractivity contribution < 1.29 is 4.79 Å². The number of rotatable bonds is 5. The lowest BCUT2D eigenvalue weighted by Gasteiger charge is -2.31. The first kappa shape index (κ1) is 18.5. The van der Waals surface area contributed by atoms with E-state index < -0.39 is 0 Å². The van der Waals surface area contributed by atoms with Crippen LogP contribution in [0.2, 0.25) is 0 Å². The SMILES string of the molecule is CC1CCN(c2ccc(CNC(=O)C3CC3c3ccc(Br)cc3)cn2)CC1. The lowest BCUT2D eigenvalue weighted by Crippen LogP contribution is -2.33. The summed E-state index contributed by atoms with van der Waals surface area (Å²) in [6.07, 6.45) is 5.31. The Morgan fingerprint density at radius 3 is 2.59 bits per heavy atom. The molecule has 1 aromatic heterocycles. The number of hydrogen-bond acceptors (Lipinski definition) is 3. The molecule has 4 nitrogen and oxygen atoms in total. The quantitative estimate of drug-likeness (QED) is 0.763. The first-order valence-corrected chi connectivity index (χ1v) is 10.6. The molecule has 1 N–H and O–H groups in total. The molecule has 2 heterocycles. The Kier molecular flexibility index (Phi) is 5.48. The summed E-state index contributed by atoms with van der Waals surface area (Å²) in [4.78, 5) is 19.4. The second kappa shape index (κ2) is 8.01. The van der Waals surface area contributed by atoms with Gasteiger partial charge in [-0.05, 0) is 60.4 Å². The number of nitrogens with one attached hydrogen (secondary N) is 1. The number of carbonyl (C=O) groups excluding carboxylic acids is 1. The first-order valence-electron chi connectivity index (χ1n) is 9.83. The molecule has 4 rings (SSSR count). The summed E-state index contributed by atoms with van der Waals surface area (Å²) in [5, 5.41) is 3.08. The van der Waals surface area contributed by atoms with Gasteiger partial charge < -0.3 is 10.2 Å².